The summed E-state index contributed by atoms with van der Waals surface area (Å²) in [5, 5.41) is 19.1. The maximum absolute atomic E-state index is 11.4. The fourth-order valence-corrected chi connectivity index (χ4v) is 2.53. The van der Waals surface area contributed by atoms with Gasteiger partial charge in [-0.2, -0.15) is 0 Å². The van der Waals surface area contributed by atoms with Crippen molar-refractivity contribution in [1.82, 2.24) is 4.90 Å². The molecule has 1 aromatic carbocycles. The second-order valence-electron chi connectivity index (χ2n) is 4.87. The van der Waals surface area contributed by atoms with Crippen molar-refractivity contribution in [3.63, 3.8) is 0 Å². The molecule has 104 valence electrons. The lowest BCUT2D eigenvalue weighted by Crippen LogP contribution is -2.49. The van der Waals surface area contributed by atoms with E-state index in [4.69, 9.17) is 4.74 Å². The van der Waals surface area contributed by atoms with E-state index < -0.39 is 18.1 Å². The number of nitrogens with zero attached hydrogens (tertiary/aromatic N) is 1. The lowest BCUT2D eigenvalue weighted by atomic mass is 9.94. The van der Waals surface area contributed by atoms with Gasteiger partial charge in [-0.15, -0.1) is 0 Å². The van der Waals surface area contributed by atoms with Crippen molar-refractivity contribution in [2.75, 3.05) is 20.3 Å². The second-order valence-corrected chi connectivity index (χ2v) is 4.87. The summed E-state index contributed by atoms with van der Waals surface area (Å²) >= 11 is 0. The van der Waals surface area contributed by atoms with Gasteiger partial charge in [-0.05, 0) is 17.5 Å². The van der Waals surface area contributed by atoms with Gasteiger partial charge in [-0.25, -0.2) is 0 Å². The molecule has 19 heavy (non-hydrogen) atoms. The summed E-state index contributed by atoms with van der Waals surface area (Å²) in [7, 11) is 1.52. The molecule has 1 aliphatic heterocycles. The minimum Gasteiger partial charge on any atom is -0.480 e. The Kier molecular flexibility index (Phi) is 4.52. The van der Waals surface area contributed by atoms with Gasteiger partial charge in [0.25, 0.3) is 0 Å². The SMILES string of the molecule is COCC(O)CN1Cc2ccccc2C[C@H]1C(=O)O. The maximum Gasteiger partial charge on any atom is 0.321 e. The predicted octanol–water partition coefficient (Wildman–Crippen LogP) is 0.505. The minimum absolute atomic E-state index is 0.213. The van der Waals surface area contributed by atoms with Crippen LogP contribution < -0.4 is 0 Å². The van der Waals surface area contributed by atoms with Crippen molar-refractivity contribution in [2.24, 2.45) is 0 Å². The van der Waals surface area contributed by atoms with Crippen molar-refractivity contribution in [3.05, 3.63) is 35.4 Å². The van der Waals surface area contributed by atoms with Gasteiger partial charge in [0, 0.05) is 20.2 Å². The Hall–Kier alpha value is -1.43. The first-order valence-corrected chi connectivity index (χ1v) is 6.32. The topological polar surface area (TPSA) is 70.0 Å². The summed E-state index contributed by atoms with van der Waals surface area (Å²) in [6.07, 6.45) is -0.192. The summed E-state index contributed by atoms with van der Waals surface area (Å²) in [5.41, 5.74) is 2.21. The Morgan fingerprint density at radius 3 is 2.79 bits per heavy atom. The van der Waals surface area contributed by atoms with Crippen LogP contribution in [0, 0.1) is 0 Å². The van der Waals surface area contributed by atoms with Crippen LogP contribution in [-0.2, 0) is 22.5 Å². The molecule has 5 heteroatoms. The molecule has 1 heterocycles. The van der Waals surface area contributed by atoms with Crippen LogP contribution in [0.25, 0.3) is 0 Å². The molecule has 0 amide bonds. The van der Waals surface area contributed by atoms with Crippen LogP contribution >= 0.6 is 0 Å². The number of benzene rings is 1. The van der Waals surface area contributed by atoms with E-state index in [0.717, 1.165) is 11.1 Å². The smallest absolute Gasteiger partial charge is 0.321 e. The van der Waals surface area contributed by atoms with E-state index in [2.05, 4.69) is 0 Å². The third-order valence-corrected chi connectivity index (χ3v) is 3.44. The average molecular weight is 265 g/mol. The van der Waals surface area contributed by atoms with Gasteiger partial charge >= 0.3 is 5.97 Å². The molecular formula is C14H19NO4. The number of carbonyl (C=O) groups is 1. The number of ether oxygens (including phenoxy) is 1. The van der Waals surface area contributed by atoms with E-state index >= 15 is 0 Å². The third-order valence-electron chi connectivity index (χ3n) is 3.44. The summed E-state index contributed by atoms with van der Waals surface area (Å²) in [4.78, 5) is 13.2. The molecule has 5 nitrogen and oxygen atoms in total. The van der Waals surface area contributed by atoms with E-state index in [1.807, 2.05) is 24.3 Å². The highest BCUT2D eigenvalue weighted by Crippen LogP contribution is 2.23. The van der Waals surface area contributed by atoms with E-state index in [9.17, 15) is 15.0 Å². The van der Waals surface area contributed by atoms with Crippen LogP contribution in [0.5, 0.6) is 0 Å². The number of aliphatic hydroxyl groups is 1. The van der Waals surface area contributed by atoms with Crippen molar-refractivity contribution >= 4 is 5.97 Å². The number of hydrogen-bond donors (Lipinski definition) is 2. The lowest BCUT2D eigenvalue weighted by molar-refractivity contribution is -0.144. The Labute approximate surface area is 112 Å². The van der Waals surface area contributed by atoms with Crippen LogP contribution in [0.1, 0.15) is 11.1 Å². The molecule has 0 radical (unpaired) electrons. The highest BCUT2D eigenvalue weighted by molar-refractivity contribution is 5.74. The average Bonchev–Trinajstić information content (AvgIpc) is 2.38. The standard InChI is InChI=1S/C14H19NO4/c1-19-9-12(16)8-15-7-11-5-3-2-4-10(11)6-13(15)14(17)18/h2-5,12-13,16H,6-9H2,1H3,(H,17,18)/t12?,13-/m0/s1. The number of β-amino-alcohol motifs (C(OH)–C–C–N with tert-alkyl or cyclic N) is 1. The normalized spacial score (nSPS) is 20.8. The quantitative estimate of drug-likeness (QED) is 0.811. The Balaban J connectivity index is 2.14. The van der Waals surface area contributed by atoms with Crippen LogP contribution in [0.2, 0.25) is 0 Å². The Bertz CT molecular complexity index is 449. The molecule has 0 aromatic heterocycles. The zero-order chi connectivity index (χ0) is 13.8. The second kappa shape index (κ2) is 6.14. The molecule has 0 bridgehead atoms. The van der Waals surface area contributed by atoms with Crippen LogP contribution in [0.15, 0.2) is 24.3 Å². The summed E-state index contributed by atoms with van der Waals surface area (Å²) in [6.45, 7) is 1.07. The molecule has 0 fully saturated rings. The molecule has 1 aromatic rings. The van der Waals surface area contributed by atoms with Crippen molar-refractivity contribution in [2.45, 2.75) is 25.1 Å². The van der Waals surface area contributed by atoms with Crippen molar-refractivity contribution in [1.29, 1.82) is 0 Å². The molecular weight excluding hydrogens is 246 g/mol. The minimum atomic E-state index is -0.848. The molecule has 2 rings (SSSR count). The first kappa shape index (κ1) is 14.0. The first-order valence-electron chi connectivity index (χ1n) is 6.32. The first-order chi connectivity index (χ1) is 9.11. The van der Waals surface area contributed by atoms with Gasteiger partial charge in [-0.3, -0.25) is 9.69 Å². The van der Waals surface area contributed by atoms with Crippen molar-refractivity contribution < 1.29 is 19.7 Å². The van der Waals surface area contributed by atoms with E-state index in [0.29, 0.717) is 19.5 Å². The number of aliphatic carboxylic acids is 1. The number of aliphatic hydroxyl groups excluding tert-OH is 1. The summed E-state index contributed by atoms with van der Waals surface area (Å²) in [6, 6.07) is 7.26. The molecule has 0 spiro atoms. The fraction of sp³-hybridized carbons (Fsp3) is 0.500. The maximum atomic E-state index is 11.4. The third kappa shape index (κ3) is 3.32. The Morgan fingerprint density at radius 2 is 2.16 bits per heavy atom. The molecule has 1 aliphatic rings. The predicted molar refractivity (Wildman–Crippen MR) is 69.9 cm³/mol. The van der Waals surface area contributed by atoms with E-state index in [1.54, 1.807) is 4.90 Å². The number of methoxy groups -OCH3 is 1. The molecule has 0 saturated carbocycles. The monoisotopic (exact) mass is 265 g/mol. The number of rotatable bonds is 5. The Morgan fingerprint density at radius 1 is 1.47 bits per heavy atom. The zero-order valence-corrected chi connectivity index (χ0v) is 11.0. The number of carboxylic acid groups (broad SMARTS) is 1. The van der Waals surface area contributed by atoms with Crippen LogP contribution in [0.4, 0.5) is 0 Å². The van der Waals surface area contributed by atoms with Crippen molar-refractivity contribution in [3.8, 4) is 0 Å². The molecule has 2 N–H and O–H groups in total. The summed E-state index contributed by atoms with van der Waals surface area (Å²) < 4.78 is 4.89. The van der Waals surface area contributed by atoms with Crippen LogP contribution in [-0.4, -0.2) is 53.5 Å². The van der Waals surface area contributed by atoms with Gasteiger partial charge < -0.3 is 14.9 Å². The number of fused-ring (bicyclic) bond motifs is 1. The van der Waals surface area contributed by atoms with Gasteiger partial charge in [0.1, 0.15) is 6.04 Å². The van der Waals surface area contributed by atoms with Gasteiger partial charge in [-0.1, -0.05) is 24.3 Å². The van der Waals surface area contributed by atoms with E-state index in [-0.39, 0.29) is 6.61 Å². The fourth-order valence-electron chi connectivity index (χ4n) is 2.53. The molecule has 2 atom stereocenters. The number of hydrogen-bond acceptors (Lipinski definition) is 4. The van der Waals surface area contributed by atoms with Gasteiger partial charge in [0.2, 0.25) is 0 Å². The largest absolute Gasteiger partial charge is 0.480 e. The lowest BCUT2D eigenvalue weighted by Gasteiger charge is -2.35. The summed E-state index contributed by atoms with van der Waals surface area (Å²) in [5.74, 6) is -0.848. The number of carboxylic acids is 1. The highest BCUT2D eigenvalue weighted by Gasteiger charge is 2.32. The molecule has 1 unspecified atom stereocenters. The van der Waals surface area contributed by atoms with E-state index in [1.165, 1.54) is 7.11 Å². The highest BCUT2D eigenvalue weighted by atomic mass is 16.5. The van der Waals surface area contributed by atoms with Gasteiger partial charge in [0.15, 0.2) is 0 Å². The van der Waals surface area contributed by atoms with Gasteiger partial charge in [0.05, 0.1) is 12.7 Å². The zero-order valence-electron chi connectivity index (χ0n) is 11.0. The molecule has 0 aliphatic carbocycles. The molecule has 0 saturated heterocycles. The van der Waals surface area contributed by atoms with Crippen LogP contribution in [0.3, 0.4) is 0 Å².